The van der Waals surface area contributed by atoms with Crippen LogP contribution in [0.5, 0.6) is 0 Å². The molecule has 0 amide bonds. The predicted octanol–water partition coefficient (Wildman–Crippen LogP) is 1.07. The molecule has 3 nitrogen and oxygen atoms in total. The fraction of sp³-hybridized carbons (Fsp3) is 0.545. The summed E-state index contributed by atoms with van der Waals surface area (Å²) in [6, 6.07) is 2.56. The Bertz CT molecular complexity index is 419. The molecule has 2 heterocycles. The van der Waals surface area contributed by atoms with E-state index in [2.05, 4.69) is 4.98 Å². The molecule has 1 aliphatic heterocycles. The van der Waals surface area contributed by atoms with E-state index in [0.717, 1.165) is 6.07 Å². The highest BCUT2D eigenvalue weighted by atomic mass is 19.4. The molecule has 0 spiro atoms. The van der Waals surface area contributed by atoms with E-state index in [1.54, 1.807) is 4.90 Å². The van der Waals surface area contributed by atoms with Crippen LogP contribution in [0.1, 0.15) is 11.3 Å². The lowest BCUT2D eigenvalue weighted by Gasteiger charge is -2.30. The van der Waals surface area contributed by atoms with Crippen LogP contribution in [-0.4, -0.2) is 39.1 Å². The van der Waals surface area contributed by atoms with Gasteiger partial charge in [0.05, 0.1) is 18.8 Å². The van der Waals surface area contributed by atoms with Gasteiger partial charge in [-0.3, -0.25) is 0 Å². The molecule has 2 rings (SSSR count). The Morgan fingerprint density at radius 1 is 1.28 bits per heavy atom. The first-order valence-corrected chi connectivity index (χ1v) is 5.92. The molecule has 7 heteroatoms. The average Bonchev–Trinajstić information content (AvgIpc) is 2.38. The summed E-state index contributed by atoms with van der Waals surface area (Å²) in [6.07, 6.45) is -3.75. The maximum atomic E-state index is 12.9. The summed E-state index contributed by atoms with van der Waals surface area (Å²) in [5.41, 5.74) is 0.00564. The smallest absolute Gasteiger partial charge is 0.378 e. The maximum Gasteiger partial charge on any atom is 0.419 e. The zero-order valence-corrected chi connectivity index (χ0v) is 10.1. The minimum absolute atomic E-state index is 0.0325. The Balaban J connectivity index is 2.40. The van der Waals surface area contributed by atoms with Gasteiger partial charge in [-0.2, -0.15) is 13.2 Å². The van der Waals surface area contributed by atoms with Crippen molar-refractivity contribution in [2.75, 3.05) is 31.2 Å². The van der Waals surface area contributed by atoms with Crippen molar-refractivity contribution in [2.45, 2.75) is 12.5 Å². The van der Waals surface area contributed by atoms with Crippen molar-refractivity contribution in [1.29, 1.82) is 0 Å². The second-order valence-electron chi connectivity index (χ2n) is 4.12. The molecule has 0 N–H and O–H groups in total. The molecule has 1 saturated heterocycles. The number of halogens is 3. The molecule has 0 aliphatic carbocycles. The van der Waals surface area contributed by atoms with Crippen LogP contribution in [0.4, 0.5) is 19.0 Å². The maximum absolute atomic E-state index is 12.9. The van der Waals surface area contributed by atoms with Crippen LogP contribution in [0.3, 0.4) is 0 Å². The van der Waals surface area contributed by atoms with E-state index in [1.807, 2.05) is 7.85 Å². The van der Waals surface area contributed by atoms with Crippen molar-refractivity contribution < 1.29 is 17.9 Å². The normalized spacial score (nSPS) is 16.9. The first-order chi connectivity index (χ1) is 8.52. The molecule has 0 aromatic carbocycles. The summed E-state index contributed by atoms with van der Waals surface area (Å²) in [6.45, 7) is 1.77. The summed E-state index contributed by atoms with van der Waals surface area (Å²) >= 11 is 0. The molecule has 1 aromatic rings. The first kappa shape index (κ1) is 13.2. The number of aromatic nitrogens is 1. The quantitative estimate of drug-likeness (QED) is 0.742. The first-order valence-electron chi connectivity index (χ1n) is 5.92. The van der Waals surface area contributed by atoms with E-state index in [-0.39, 0.29) is 5.82 Å². The molecule has 0 bridgehead atoms. The van der Waals surface area contributed by atoms with Crippen molar-refractivity contribution in [3.63, 3.8) is 0 Å². The molecule has 1 aromatic heterocycles. The fourth-order valence-electron chi connectivity index (χ4n) is 1.92. The molecule has 18 heavy (non-hydrogen) atoms. The van der Waals surface area contributed by atoms with E-state index in [9.17, 15) is 13.2 Å². The van der Waals surface area contributed by atoms with Crippen LogP contribution < -0.4 is 4.90 Å². The van der Waals surface area contributed by atoms with Crippen molar-refractivity contribution in [3.05, 3.63) is 23.4 Å². The molecular formula is C11H14BF3N2O. The van der Waals surface area contributed by atoms with E-state index >= 15 is 0 Å². The van der Waals surface area contributed by atoms with Crippen LogP contribution in [0, 0.1) is 0 Å². The van der Waals surface area contributed by atoms with Crippen LogP contribution in [-0.2, 0) is 17.2 Å². The number of ether oxygens (including phenoxy) is 1. The molecular weight excluding hydrogens is 244 g/mol. The van der Waals surface area contributed by atoms with Gasteiger partial charge in [-0.25, -0.2) is 4.98 Å². The van der Waals surface area contributed by atoms with E-state index in [0.29, 0.717) is 38.3 Å². The summed E-state index contributed by atoms with van der Waals surface area (Å²) in [4.78, 5) is 5.78. The third kappa shape index (κ3) is 2.77. The van der Waals surface area contributed by atoms with Gasteiger partial charge in [0.1, 0.15) is 13.7 Å². The molecule has 98 valence electrons. The highest BCUT2D eigenvalue weighted by Gasteiger charge is 2.36. The Hall–Kier alpha value is -1.24. The van der Waals surface area contributed by atoms with Crippen molar-refractivity contribution in [2.24, 2.45) is 0 Å². The van der Waals surface area contributed by atoms with Crippen LogP contribution in [0.25, 0.3) is 0 Å². The largest absolute Gasteiger partial charge is 0.419 e. The summed E-state index contributed by atoms with van der Waals surface area (Å²) in [7, 11) is 1.87. The fourth-order valence-corrected chi connectivity index (χ4v) is 1.92. The second kappa shape index (κ2) is 5.18. The SMILES string of the molecule is BCc1ccc(C(F)(F)F)c(N2CCOCC2)n1. The van der Waals surface area contributed by atoms with Crippen molar-refractivity contribution >= 4 is 13.7 Å². The van der Waals surface area contributed by atoms with Gasteiger partial charge in [0.2, 0.25) is 0 Å². The summed E-state index contributed by atoms with van der Waals surface area (Å²) in [5, 5.41) is 0. The monoisotopic (exact) mass is 258 g/mol. The van der Waals surface area contributed by atoms with Gasteiger partial charge in [-0.1, -0.05) is 0 Å². The number of morpholine rings is 1. The molecule has 0 saturated carbocycles. The van der Waals surface area contributed by atoms with E-state index in [4.69, 9.17) is 4.74 Å². The number of hydrogen-bond acceptors (Lipinski definition) is 3. The second-order valence-corrected chi connectivity index (χ2v) is 4.12. The lowest BCUT2D eigenvalue weighted by Crippen LogP contribution is -2.38. The number of nitrogens with zero attached hydrogens (tertiary/aromatic N) is 2. The van der Waals surface area contributed by atoms with Crippen molar-refractivity contribution in [3.8, 4) is 0 Å². The lowest BCUT2D eigenvalue weighted by molar-refractivity contribution is -0.137. The Morgan fingerprint density at radius 3 is 2.50 bits per heavy atom. The molecule has 0 atom stereocenters. The number of hydrogen-bond donors (Lipinski definition) is 0. The predicted molar refractivity (Wildman–Crippen MR) is 64.5 cm³/mol. The zero-order valence-electron chi connectivity index (χ0n) is 10.1. The molecule has 1 aliphatic rings. The van der Waals surface area contributed by atoms with E-state index in [1.165, 1.54) is 6.07 Å². The Kier molecular flexibility index (Phi) is 3.80. The van der Waals surface area contributed by atoms with Gasteiger partial charge in [0, 0.05) is 18.8 Å². The third-order valence-corrected chi connectivity index (χ3v) is 2.91. The van der Waals surface area contributed by atoms with Crippen LogP contribution in [0.2, 0.25) is 0 Å². The minimum atomic E-state index is -4.37. The minimum Gasteiger partial charge on any atom is -0.378 e. The third-order valence-electron chi connectivity index (χ3n) is 2.91. The Morgan fingerprint density at radius 2 is 1.94 bits per heavy atom. The number of anilines is 1. The standard InChI is InChI=1S/C11H14BF3N2O/c12-7-8-1-2-9(11(13,14)15)10(16-8)17-3-5-18-6-4-17/h1-2H,3-7,12H2. The van der Waals surface area contributed by atoms with Crippen LogP contribution >= 0.6 is 0 Å². The van der Waals surface area contributed by atoms with Gasteiger partial charge < -0.3 is 9.64 Å². The number of pyridine rings is 1. The van der Waals surface area contributed by atoms with Gasteiger partial charge in [-0.15, -0.1) is 0 Å². The van der Waals surface area contributed by atoms with Gasteiger partial charge >= 0.3 is 6.18 Å². The topological polar surface area (TPSA) is 25.4 Å². The average molecular weight is 258 g/mol. The molecule has 1 fully saturated rings. The van der Waals surface area contributed by atoms with Gasteiger partial charge in [-0.05, 0) is 18.5 Å². The Labute approximate surface area is 104 Å². The van der Waals surface area contributed by atoms with Crippen molar-refractivity contribution in [1.82, 2.24) is 4.98 Å². The highest BCUT2D eigenvalue weighted by molar-refractivity contribution is 6.08. The summed E-state index contributed by atoms with van der Waals surface area (Å²) < 4.78 is 44.0. The number of rotatable bonds is 2. The zero-order chi connectivity index (χ0) is 13.2. The number of alkyl halides is 3. The van der Waals surface area contributed by atoms with Gasteiger partial charge in [0.25, 0.3) is 0 Å². The highest BCUT2D eigenvalue weighted by Crippen LogP contribution is 2.35. The van der Waals surface area contributed by atoms with E-state index < -0.39 is 11.7 Å². The lowest BCUT2D eigenvalue weighted by atomic mass is 10.0. The van der Waals surface area contributed by atoms with Gasteiger partial charge in [0.15, 0.2) is 0 Å². The van der Waals surface area contributed by atoms with Crippen LogP contribution in [0.15, 0.2) is 12.1 Å². The molecule has 0 unspecified atom stereocenters. The summed E-state index contributed by atoms with van der Waals surface area (Å²) in [5.74, 6) is 0.0325. The molecule has 0 radical (unpaired) electrons.